The van der Waals surface area contributed by atoms with E-state index in [1.807, 2.05) is 0 Å². The molecule has 1 aliphatic rings. The van der Waals surface area contributed by atoms with Crippen LogP contribution < -0.4 is 10.6 Å². The number of hydrogen-bond donors (Lipinski definition) is 3. The van der Waals surface area contributed by atoms with Crippen molar-refractivity contribution in [1.82, 2.24) is 10.3 Å². The molecular weight excluding hydrogens is 238 g/mol. The summed E-state index contributed by atoms with van der Waals surface area (Å²) in [6, 6.07) is 3.73. The van der Waals surface area contributed by atoms with E-state index in [0.717, 1.165) is 0 Å². The molecule has 1 fully saturated rings. The summed E-state index contributed by atoms with van der Waals surface area (Å²) in [6.45, 7) is 0. The van der Waals surface area contributed by atoms with Crippen LogP contribution in [0.3, 0.4) is 0 Å². The summed E-state index contributed by atoms with van der Waals surface area (Å²) >= 11 is 0. The number of pyridine rings is 1. The number of hydrogen-bond acceptors (Lipinski definition) is 4. The Morgan fingerprint density at radius 2 is 2.22 bits per heavy atom. The lowest BCUT2D eigenvalue weighted by atomic mass is 10.2. The zero-order valence-corrected chi connectivity index (χ0v) is 9.34. The number of carboxylic acid groups (broad SMARTS) is 1. The fraction of sp³-hybridized carbons (Fsp3) is 0.273. The number of aromatic nitrogens is 1. The largest absolute Gasteiger partial charge is 0.477 e. The molecule has 0 aromatic carbocycles. The van der Waals surface area contributed by atoms with E-state index >= 15 is 0 Å². The van der Waals surface area contributed by atoms with Crippen LogP contribution in [0, 0.1) is 0 Å². The van der Waals surface area contributed by atoms with Gasteiger partial charge in [-0.05, 0) is 18.6 Å². The molecule has 2 amide bonds. The first kappa shape index (κ1) is 12.0. The van der Waals surface area contributed by atoms with E-state index in [1.54, 1.807) is 0 Å². The van der Waals surface area contributed by atoms with Crippen molar-refractivity contribution in [2.75, 3.05) is 5.32 Å². The Morgan fingerprint density at radius 3 is 2.83 bits per heavy atom. The van der Waals surface area contributed by atoms with E-state index in [-0.39, 0.29) is 17.4 Å². The highest BCUT2D eigenvalue weighted by molar-refractivity contribution is 5.98. The Labute approximate surface area is 102 Å². The molecule has 0 aliphatic carbocycles. The lowest BCUT2D eigenvalue weighted by molar-refractivity contribution is -0.122. The minimum absolute atomic E-state index is 0.150. The zero-order chi connectivity index (χ0) is 13.1. The smallest absolute Gasteiger partial charge is 0.354 e. The first-order valence-electron chi connectivity index (χ1n) is 5.37. The number of carboxylic acids is 1. The maximum absolute atomic E-state index is 11.7. The van der Waals surface area contributed by atoms with Crippen molar-refractivity contribution in [2.45, 2.75) is 18.9 Å². The van der Waals surface area contributed by atoms with Crippen LogP contribution in [-0.2, 0) is 9.59 Å². The van der Waals surface area contributed by atoms with Crippen LogP contribution >= 0.6 is 0 Å². The van der Waals surface area contributed by atoms with Crippen molar-refractivity contribution in [3.63, 3.8) is 0 Å². The maximum atomic E-state index is 11.7. The molecule has 7 heteroatoms. The first-order valence-corrected chi connectivity index (χ1v) is 5.37. The number of amides is 2. The van der Waals surface area contributed by atoms with Gasteiger partial charge in [-0.15, -0.1) is 0 Å². The minimum Gasteiger partial charge on any atom is -0.477 e. The molecule has 2 rings (SSSR count). The fourth-order valence-electron chi connectivity index (χ4n) is 1.65. The number of carbonyl (C=O) groups excluding carboxylic acids is 2. The van der Waals surface area contributed by atoms with E-state index in [4.69, 9.17) is 5.11 Å². The topological polar surface area (TPSA) is 108 Å². The summed E-state index contributed by atoms with van der Waals surface area (Å²) < 4.78 is 0. The number of anilines is 1. The van der Waals surface area contributed by atoms with Crippen LogP contribution in [0.2, 0.25) is 0 Å². The second-order valence-corrected chi connectivity index (χ2v) is 3.86. The Bertz CT molecular complexity index is 515. The number of nitrogens with one attached hydrogen (secondary N) is 2. The van der Waals surface area contributed by atoms with E-state index in [1.165, 1.54) is 18.2 Å². The predicted octanol–water partition coefficient (Wildman–Crippen LogP) is -0.00310. The van der Waals surface area contributed by atoms with E-state index in [2.05, 4.69) is 15.6 Å². The van der Waals surface area contributed by atoms with E-state index in [9.17, 15) is 14.4 Å². The third-order valence-corrected chi connectivity index (χ3v) is 2.53. The van der Waals surface area contributed by atoms with E-state index in [0.29, 0.717) is 12.8 Å². The second kappa shape index (κ2) is 4.82. The van der Waals surface area contributed by atoms with Gasteiger partial charge < -0.3 is 15.7 Å². The molecule has 18 heavy (non-hydrogen) atoms. The molecule has 1 aromatic heterocycles. The summed E-state index contributed by atoms with van der Waals surface area (Å²) in [7, 11) is 0. The number of aromatic carboxylic acids is 1. The van der Waals surface area contributed by atoms with Crippen LogP contribution in [0.25, 0.3) is 0 Å². The molecule has 1 aliphatic heterocycles. The van der Waals surface area contributed by atoms with Crippen LogP contribution in [0.1, 0.15) is 23.3 Å². The fourth-order valence-corrected chi connectivity index (χ4v) is 1.65. The molecule has 0 spiro atoms. The zero-order valence-electron chi connectivity index (χ0n) is 9.34. The first-order chi connectivity index (χ1) is 8.56. The van der Waals surface area contributed by atoms with Crippen LogP contribution in [0.4, 0.5) is 5.82 Å². The third-order valence-electron chi connectivity index (χ3n) is 2.53. The standard InChI is InChI=1S/C11H11N3O4/c15-9-5-4-6(13-9)10(16)14-8-3-1-2-7(12-8)11(17)18/h1-3,6H,4-5H2,(H,13,15)(H,17,18)(H,12,14,16)/t6-/m1/s1. The highest BCUT2D eigenvalue weighted by atomic mass is 16.4. The van der Waals surface area contributed by atoms with Gasteiger partial charge >= 0.3 is 5.97 Å². The normalized spacial score (nSPS) is 18.2. The summed E-state index contributed by atoms with van der Waals surface area (Å²) in [6.07, 6.45) is 0.754. The van der Waals surface area contributed by atoms with Crippen molar-refractivity contribution in [1.29, 1.82) is 0 Å². The highest BCUT2D eigenvalue weighted by Gasteiger charge is 2.27. The quantitative estimate of drug-likeness (QED) is 0.698. The molecule has 1 saturated heterocycles. The lowest BCUT2D eigenvalue weighted by Gasteiger charge is -2.10. The van der Waals surface area contributed by atoms with E-state index < -0.39 is 17.9 Å². The van der Waals surface area contributed by atoms with Gasteiger partial charge in [-0.25, -0.2) is 9.78 Å². The Balaban J connectivity index is 2.05. The van der Waals surface area contributed by atoms with Crippen LogP contribution in [-0.4, -0.2) is 33.9 Å². The van der Waals surface area contributed by atoms with Gasteiger partial charge in [0, 0.05) is 6.42 Å². The maximum Gasteiger partial charge on any atom is 0.354 e. The van der Waals surface area contributed by atoms with Crippen molar-refractivity contribution < 1.29 is 19.5 Å². The summed E-state index contributed by atoms with van der Waals surface area (Å²) in [4.78, 5) is 37.2. The Kier molecular flexibility index (Phi) is 3.22. The molecule has 0 radical (unpaired) electrons. The SMILES string of the molecule is O=C1CC[C@H](C(=O)Nc2cccc(C(=O)O)n2)N1. The molecule has 1 atom stereocenters. The average Bonchev–Trinajstić information content (AvgIpc) is 2.76. The second-order valence-electron chi connectivity index (χ2n) is 3.86. The number of carbonyl (C=O) groups is 3. The predicted molar refractivity (Wildman–Crippen MR) is 61.0 cm³/mol. The molecule has 0 unspecified atom stereocenters. The monoisotopic (exact) mass is 249 g/mol. The van der Waals surface area contributed by atoms with Gasteiger partial charge in [0.1, 0.15) is 11.9 Å². The number of rotatable bonds is 3. The van der Waals surface area contributed by atoms with Gasteiger partial charge in [0.25, 0.3) is 0 Å². The summed E-state index contributed by atoms with van der Waals surface area (Å²) in [5.74, 6) is -1.57. The molecule has 2 heterocycles. The molecule has 1 aromatic rings. The Morgan fingerprint density at radius 1 is 1.44 bits per heavy atom. The van der Waals surface area contributed by atoms with Crippen LogP contribution in [0.15, 0.2) is 18.2 Å². The van der Waals surface area contributed by atoms with Crippen molar-refractivity contribution in [2.24, 2.45) is 0 Å². The third kappa shape index (κ3) is 2.62. The molecule has 94 valence electrons. The lowest BCUT2D eigenvalue weighted by Crippen LogP contribution is -2.37. The van der Waals surface area contributed by atoms with Gasteiger partial charge in [0.15, 0.2) is 5.69 Å². The molecule has 0 bridgehead atoms. The van der Waals surface area contributed by atoms with Gasteiger partial charge in [0.2, 0.25) is 11.8 Å². The van der Waals surface area contributed by atoms with Gasteiger partial charge in [-0.3, -0.25) is 9.59 Å². The van der Waals surface area contributed by atoms with Gasteiger partial charge in [-0.1, -0.05) is 6.07 Å². The molecular formula is C11H11N3O4. The van der Waals surface area contributed by atoms with Crippen molar-refractivity contribution in [3.05, 3.63) is 23.9 Å². The van der Waals surface area contributed by atoms with Gasteiger partial charge in [-0.2, -0.15) is 0 Å². The Hall–Kier alpha value is -2.44. The van der Waals surface area contributed by atoms with Gasteiger partial charge in [0.05, 0.1) is 0 Å². The summed E-state index contributed by atoms with van der Waals surface area (Å²) in [5.41, 5.74) is -0.150. The average molecular weight is 249 g/mol. The number of nitrogens with zero attached hydrogens (tertiary/aromatic N) is 1. The summed E-state index contributed by atoms with van der Waals surface area (Å²) in [5, 5.41) is 13.7. The molecule has 3 N–H and O–H groups in total. The van der Waals surface area contributed by atoms with Crippen molar-refractivity contribution >= 4 is 23.6 Å². The minimum atomic E-state index is -1.17. The van der Waals surface area contributed by atoms with Crippen molar-refractivity contribution in [3.8, 4) is 0 Å². The highest BCUT2D eigenvalue weighted by Crippen LogP contribution is 2.10. The molecule has 7 nitrogen and oxygen atoms in total. The molecule has 0 saturated carbocycles. The van der Waals surface area contributed by atoms with Crippen LogP contribution in [0.5, 0.6) is 0 Å².